The molecule has 3 amide bonds. The zero-order valence-electron chi connectivity index (χ0n) is 24.6. The molecule has 42 heavy (non-hydrogen) atoms. The van der Waals surface area contributed by atoms with E-state index in [9.17, 15) is 14.4 Å². The molecule has 1 spiro atoms. The number of rotatable bonds is 10. The Balaban J connectivity index is 0.000000257. The molecule has 2 saturated heterocycles. The Morgan fingerprint density at radius 3 is 2.31 bits per heavy atom. The normalized spacial score (nSPS) is 19.4. The van der Waals surface area contributed by atoms with Crippen LogP contribution in [0.5, 0.6) is 0 Å². The molecule has 0 bridgehead atoms. The average Bonchev–Trinajstić information content (AvgIpc) is 3.31. The Labute approximate surface area is 249 Å². The largest absolute Gasteiger partial charge is 0.375 e. The van der Waals surface area contributed by atoms with Crippen LogP contribution in [0.3, 0.4) is 0 Å². The fourth-order valence-corrected chi connectivity index (χ4v) is 5.86. The second-order valence-electron chi connectivity index (χ2n) is 12.4. The average molecular weight is 574 g/mol. The van der Waals surface area contributed by atoms with E-state index in [1.165, 1.54) is 0 Å². The zero-order valence-corrected chi connectivity index (χ0v) is 24.6. The molecular weight excluding hydrogens is 530 g/mol. The molecule has 1 N–H and O–H groups in total. The minimum atomic E-state index is 0. The van der Waals surface area contributed by atoms with Crippen LogP contribution in [-0.2, 0) is 27.5 Å². The third kappa shape index (κ3) is 7.26. The van der Waals surface area contributed by atoms with Gasteiger partial charge in [-0.15, -0.1) is 0 Å². The quantitative estimate of drug-likeness (QED) is 0.294. The number of likely N-dealkylation sites (tertiary alicyclic amines) is 2. The van der Waals surface area contributed by atoms with Crippen LogP contribution in [-0.4, -0.2) is 77.1 Å². The second-order valence-corrected chi connectivity index (χ2v) is 12.4. The van der Waals surface area contributed by atoms with E-state index in [4.69, 9.17) is 4.74 Å². The van der Waals surface area contributed by atoms with Crippen LogP contribution in [0.4, 0.5) is 0 Å². The highest BCUT2D eigenvalue weighted by Gasteiger charge is 2.57. The molecule has 2 aromatic carbocycles. The number of benzene rings is 2. The maximum absolute atomic E-state index is 13.0. The predicted octanol–water partition coefficient (Wildman–Crippen LogP) is 3.85. The monoisotopic (exact) mass is 573 g/mol. The lowest BCUT2D eigenvalue weighted by atomic mass is 9.78. The van der Waals surface area contributed by atoms with Crippen LogP contribution in [0, 0.1) is 16.7 Å². The standard InChI is InChI=1S/C23H28N4O2.C10H13NO2.H2/c1-22(2)10-19(22)21(29)26-15-23(16-26)8-9-25(14-23)20(28)18-11-24-27(13-18)12-17-6-4-3-5-7-17;12-9-11-6-7-13-8-10-4-2-1-3-5-10;/h3-7,11,13,19H,8-10,12,14-16H2,1-2H3;1-5,9H,6-8H2,(H,11,12);1H/t19-;;/m1../s1. The lowest BCUT2D eigenvalue weighted by Gasteiger charge is -2.48. The van der Waals surface area contributed by atoms with Crippen molar-refractivity contribution in [2.45, 2.75) is 39.8 Å². The van der Waals surface area contributed by atoms with Gasteiger partial charge in [-0.05, 0) is 29.4 Å². The number of ether oxygens (including phenoxy) is 1. The van der Waals surface area contributed by atoms with Crippen molar-refractivity contribution in [3.63, 3.8) is 0 Å². The van der Waals surface area contributed by atoms with E-state index in [1.54, 1.807) is 6.20 Å². The van der Waals surface area contributed by atoms with Gasteiger partial charge in [0.05, 0.1) is 31.5 Å². The van der Waals surface area contributed by atoms with Gasteiger partial charge in [-0.2, -0.15) is 5.10 Å². The third-order valence-electron chi connectivity index (χ3n) is 8.55. The molecule has 3 heterocycles. The van der Waals surface area contributed by atoms with Crippen molar-refractivity contribution in [3.8, 4) is 0 Å². The smallest absolute Gasteiger partial charge is 0.257 e. The zero-order chi connectivity index (χ0) is 29.6. The third-order valence-corrected chi connectivity index (χ3v) is 8.55. The highest BCUT2D eigenvalue weighted by atomic mass is 16.5. The molecule has 2 aliphatic heterocycles. The summed E-state index contributed by atoms with van der Waals surface area (Å²) in [5, 5.41) is 6.89. The van der Waals surface area contributed by atoms with Gasteiger partial charge < -0.3 is 19.9 Å². The van der Waals surface area contributed by atoms with E-state index in [2.05, 4.69) is 36.4 Å². The summed E-state index contributed by atoms with van der Waals surface area (Å²) in [6, 6.07) is 20.0. The van der Waals surface area contributed by atoms with E-state index in [0.717, 1.165) is 50.1 Å². The number of nitrogens with zero attached hydrogens (tertiary/aromatic N) is 4. The first-order valence-corrected chi connectivity index (χ1v) is 14.7. The summed E-state index contributed by atoms with van der Waals surface area (Å²) in [5.74, 6) is 0.566. The lowest BCUT2D eigenvalue weighted by Crippen LogP contribution is -2.60. The van der Waals surface area contributed by atoms with Crippen LogP contribution in [0.25, 0.3) is 0 Å². The van der Waals surface area contributed by atoms with Crippen molar-refractivity contribution in [3.05, 3.63) is 89.7 Å². The van der Waals surface area contributed by atoms with Gasteiger partial charge in [0, 0.05) is 51.7 Å². The fraction of sp³-hybridized carbons (Fsp3) is 0.455. The van der Waals surface area contributed by atoms with Crippen molar-refractivity contribution < 1.29 is 20.5 Å². The summed E-state index contributed by atoms with van der Waals surface area (Å²) in [5.41, 5.74) is 3.23. The number of hydrogen-bond acceptors (Lipinski definition) is 5. The van der Waals surface area contributed by atoms with Gasteiger partial charge in [0.2, 0.25) is 12.3 Å². The Morgan fingerprint density at radius 2 is 1.67 bits per heavy atom. The summed E-state index contributed by atoms with van der Waals surface area (Å²) in [6.07, 6.45) is 6.17. The highest BCUT2D eigenvalue weighted by Crippen LogP contribution is 2.54. The summed E-state index contributed by atoms with van der Waals surface area (Å²) < 4.78 is 7.12. The molecule has 1 atom stereocenters. The van der Waals surface area contributed by atoms with E-state index >= 15 is 0 Å². The molecule has 6 rings (SSSR count). The number of aromatic nitrogens is 2. The van der Waals surface area contributed by atoms with Crippen LogP contribution in [0.1, 0.15) is 49.6 Å². The first-order chi connectivity index (χ1) is 20.3. The van der Waals surface area contributed by atoms with Crippen molar-refractivity contribution >= 4 is 18.2 Å². The highest BCUT2D eigenvalue weighted by molar-refractivity contribution is 5.94. The molecule has 3 aliphatic rings. The van der Waals surface area contributed by atoms with Crippen LogP contribution in [0.2, 0.25) is 0 Å². The van der Waals surface area contributed by atoms with Crippen molar-refractivity contribution in [1.29, 1.82) is 0 Å². The molecule has 3 fully saturated rings. The molecule has 1 aromatic heterocycles. The summed E-state index contributed by atoms with van der Waals surface area (Å²) in [4.78, 5) is 39.3. The number of nitrogens with one attached hydrogen (secondary N) is 1. The van der Waals surface area contributed by atoms with E-state index in [0.29, 0.717) is 44.2 Å². The molecule has 0 radical (unpaired) electrons. The van der Waals surface area contributed by atoms with Crippen LogP contribution >= 0.6 is 0 Å². The maximum atomic E-state index is 13.0. The van der Waals surface area contributed by atoms with Gasteiger partial charge in [0.25, 0.3) is 5.91 Å². The molecule has 0 unspecified atom stereocenters. The first kappa shape index (κ1) is 29.5. The number of carbonyl (C=O) groups excluding carboxylic acids is 3. The number of amides is 3. The van der Waals surface area contributed by atoms with E-state index in [1.807, 2.05) is 69.2 Å². The second kappa shape index (κ2) is 12.9. The molecule has 1 saturated carbocycles. The Bertz CT molecular complexity index is 1360. The van der Waals surface area contributed by atoms with Crippen molar-refractivity contribution in [2.24, 2.45) is 16.7 Å². The van der Waals surface area contributed by atoms with E-state index in [-0.39, 0.29) is 24.1 Å². The minimum Gasteiger partial charge on any atom is -0.375 e. The maximum Gasteiger partial charge on any atom is 0.257 e. The summed E-state index contributed by atoms with van der Waals surface area (Å²) in [7, 11) is 0. The molecule has 3 aromatic rings. The van der Waals surface area contributed by atoms with Gasteiger partial charge >= 0.3 is 0 Å². The van der Waals surface area contributed by atoms with Gasteiger partial charge in [-0.25, -0.2) is 0 Å². The topological polar surface area (TPSA) is 96.8 Å². The molecule has 224 valence electrons. The lowest BCUT2D eigenvalue weighted by molar-refractivity contribution is -0.144. The van der Waals surface area contributed by atoms with Gasteiger partial charge in [0.1, 0.15) is 0 Å². The number of carbonyl (C=O) groups is 3. The Morgan fingerprint density at radius 1 is 1.02 bits per heavy atom. The molecule has 9 heteroatoms. The predicted molar refractivity (Wildman–Crippen MR) is 161 cm³/mol. The Kier molecular flexibility index (Phi) is 9.06. The Hall–Kier alpha value is -3.98. The van der Waals surface area contributed by atoms with Gasteiger partial charge in [-0.1, -0.05) is 74.5 Å². The molecule has 1 aliphatic carbocycles. The van der Waals surface area contributed by atoms with Crippen LogP contribution < -0.4 is 5.32 Å². The van der Waals surface area contributed by atoms with Gasteiger partial charge in [-0.3, -0.25) is 19.1 Å². The van der Waals surface area contributed by atoms with Crippen molar-refractivity contribution in [2.75, 3.05) is 39.3 Å². The fourth-order valence-electron chi connectivity index (χ4n) is 5.86. The summed E-state index contributed by atoms with van der Waals surface area (Å²) in [6.45, 7) is 9.81. The molecule has 9 nitrogen and oxygen atoms in total. The van der Waals surface area contributed by atoms with Gasteiger partial charge in [0.15, 0.2) is 0 Å². The first-order valence-electron chi connectivity index (χ1n) is 14.7. The minimum absolute atomic E-state index is 0. The SMILES string of the molecule is CC1(C)C[C@@H]1C(=O)N1CC2(CCN(C(=O)c3cnn(Cc4ccccc4)c3)C2)C1.O=CNCCOCc1ccccc1.[HH]. The summed E-state index contributed by atoms with van der Waals surface area (Å²) >= 11 is 0. The number of hydrogen-bond donors (Lipinski definition) is 1. The van der Waals surface area contributed by atoms with Crippen molar-refractivity contribution in [1.82, 2.24) is 24.9 Å². The van der Waals surface area contributed by atoms with Crippen LogP contribution in [0.15, 0.2) is 73.1 Å². The van der Waals surface area contributed by atoms with E-state index < -0.39 is 0 Å². The molecular formula is C33H43N5O4.